The van der Waals surface area contributed by atoms with E-state index in [1.165, 1.54) is 28.1 Å². The van der Waals surface area contributed by atoms with Crippen LogP contribution in [0.1, 0.15) is 56.2 Å². The summed E-state index contributed by atoms with van der Waals surface area (Å²) in [6.07, 6.45) is 0. The van der Waals surface area contributed by atoms with Gasteiger partial charge in [-0.1, -0.05) is 95.0 Å². The molecule has 1 N–H and O–H groups in total. The van der Waals surface area contributed by atoms with Gasteiger partial charge in [0.2, 0.25) is 0 Å². The maximum Gasteiger partial charge on any atom is 0.148 e. The summed E-state index contributed by atoms with van der Waals surface area (Å²) in [6.45, 7) is 13.9. The van der Waals surface area contributed by atoms with E-state index in [0.717, 1.165) is 0 Å². The van der Waals surface area contributed by atoms with Crippen LogP contribution in [0.25, 0.3) is 5.70 Å². The molecular formula is C24H36N2Si. The predicted octanol–water partition coefficient (Wildman–Crippen LogP) is 6.69. The van der Waals surface area contributed by atoms with Crippen LogP contribution in [0.15, 0.2) is 54.2 Å². The van der Waals surface area contributed by atoms with E-state index in [9.17, 15) is 0 Å². The normalized spacial score (nSPS) is 12.9. The van der Waals surface area contributed by atoms with Gasteiger partial charge in [-0.05, 0) is 42.6 Å². The first-order valence-electron chi connectivity index (χ1n) is 9.99. The molecule has 0 saturated heterocycles. The van der Waals surface area contributed by atoms with Crippen LogP contribution in [-0.4, -0.2) is 26.9 Å². The van der Waals surface area contributed by atoms with Gasteiger partial charge in [-0.2, -0.15) is 0 Å². The molecule has 2 nitrogen and oxygen atoms in total. The summed E-state index contributed by atoms with van der Waals surface area (Å²) < 4.78 is 2.38. The number of anilines is 1. The third-order valence-corrected chi connectivity index (χ3v) is 8.67. The molecule has 0 radical (unpaired) electrons. The summed E-state index contributed by atoms with van der Waals surface area (Å²) in [6, 6.07) is 17.4. The van der Waals surface area contributed by atoms with Gasteiger partial charge in [-0.15, -0.1) is 0 Å². The van der Waals surface area contributed by atoms with Gasteiger partial charge in [0.1, 0.15) is 8.24 Å². The fourth-order valence-electron chi connectivity index (χ4n) is 3.12. The second kappa shape index (κ2) is 8.90. The molecule has 0 unspecified atom stereocenters. The van der Waals surface area contributed by atoms with Gasteiger partial charge in [-0.25, -0.2) is 0 Å². The van der Waals surface area contributed by atoms with E-state index in [0.29, 0.717) is 11.8 Å². The first-order valence-corrected chi connectivity index (χ1v) is 13.0. The Balaban J connectivity index is 2.62. The smallest absolute Gasteiger partial charge is 0.148 e. The van der Waals surface area contributed by atoms with Crippen molar-refractivity contribution in [2.75, 3.05) is 19.4 Å². The summed E-state index contributed by atoms with van der Waals surface area (Å²) in [5.74, 6) is 0.949. The highest BCUT2D eigenvalue weighted by Gasteiger charge is 2.23. The van der Waals surface area contributed by atoms with Gasteiger partial charge >= 0.3 is 0 Å². The van der Waals surface area contributed by atoms with Crippen molar-refractivity contribution >= 4 is 19.6 Å². The molecule has 0 heterocycles. The zero-order valence-corrected chi connectivity index (χ0v) is 19.3. The number of hydrogen-bond acceptors (Lipinski definition) is 2. The third kappa shape index (κ3) is 5.33. The molecule has 27 heavy (non-hydrogen) atoms. The van der Waals surface area contributed by atoms with E-state index < -0.39 is 8.24 Å². The minimum Gasteiger partial charge on any atom is -0.355 e. The molecule has 0 saturated carbocycles. The molecule has 0 spiro atoms. The van der Waals surface area contributed by atoms with Crippen molar-refractivity contribution < 1.29 is 0 Å². The molecule has 2 rings (SSSR count). The largest absolute Gasteiger partial charge is 0.355 e. The number of benzene rings is 2. The fraction of sp³-hybridized carbons (Fsp3) is 0.417. The number of para-hydroxylation sites is 1. The number of hydrogen-bond donors (Lipinski definition) is 1. The second-order valence-electron chi connectivity index (χ2n) is 8.72. The van der Waals surface area contributed by atoms with Gasteiger partial charge in [0.15, 0.2) is 0 Å². The van der Waals surface area contributed by atoms with Gasteiger partial charge in [-0.3, -0.25) is 0 Å². The maximum absolute atomic E-state index is 3.88. The lowest BCUT2D eigenvalue weighted by Crippen LogP contribution is -2.42. The van der Waals surface area contributed by atoms with Crippen LogP contribution in [0.3, 0.4) is 0 Å². The molecule has 2 aromatic rings. The Morgan fingerprint density at radius 2 is 1.37 bits per heavy atom. The van der Waals surface area contributed by atoms with Crippen LogP contribution in [0.5, 0.6) is 0 Å². The van der Waals surface area contributed by atoms with E-state index >= 15 is 0 Å². The van der Waals surface area contributed by atoms with E-state index in [1.54, 1.807) is 0 Å². The van der Waals surface area contributed by atoms with E-state index in [-0.39, 0.29) is 0 Å². The second-order valence-corrected chi connectivity index (χ2v) is 13.2. The van der Waals surface area contributed by atoms with Crippen molar-refractivity contribution in [3.63, 3.8) is 0 Å². The Morgan fingerprint density at radius 1 is 0.852 bits per heavy atom. The highest BCUT2D eigenvalue weighted by molar-refractivity contribution is 6.80. The lowest BCUT2D eigenvalue weighted by molar-refractivity contribution is 0.632. The Kier molecular flexibility index (Phi) is 7.07. The molecule has 0 bridgehead atoms. The summed E-state index contributed by atoms with van der Waals surface area (Å²) in [5.41, 5.74) is 8.98. The predicted molar refractivity (Wildman–Crippen MR) is 124 cm³/mol. The summed E-state index contributed by atoms with van der Waals surface area (Å²) >= 11 is 0. The molecule has 0 atom stereocenters. The molecular weight excluding hydrogens is 344 g/mol. The minimum absolute atomic E-state index is 0.474. The zero-order valence-electron chi connectivity index (χ0n) is 18.3. The van der Waals surface area contributed by atoms with Gasteiger partial charge in [0.25, 0.3) is 0 Å². The minimum atomic E-state index is -1.66. The summed E-state index contributed by atoms with van der Waals surface area (Å²) in [4.78, 5) is 0. The fourth-order valence-corrected chi connectivity index (χ4v) is 4.33. The Morgan fingerprint density at radius 3 is 1.81 bits per heavy atom. The van der Waals surface area contributed by atoms with Crippen molar-refractivity contribution in [2.24, 2.45) is 0 Å². The zero-order chi connectivity index (χ0) is 20.2. The van der Waals surface area contributed by atoms with Crippen molar-refractivity contribution in [3.05, 3.63) is 70.9 Å². The molecule has 3 heteroatoms. The maximum atomic E-state index is 3.88. The molecule has 0 aliphatic rings. The van der Waals surface area contributed by atoms with Crippen LogP contribution < -0.4 is 5.32 Å². The standard InChI is InChI=1S/C24H36N2Si/c1-18(2)21-15-12-16-22(19(3)4)24(21)25-23(17-27(7,8)26(5)6)20-13-10-9-11-14-20/h9-19,25H,1-8H3/b23-17-. The molecule has 0 aliphatic carbocycles. The molecule has 0 amide bonds. The van der Waals surface area contributed by atoms with Crippen LogP contribution >= 0.6 is 0 Å². The lowest BCUT2D eigenvalue weighted by Gasteiger charge is -2.29. The van der Waals surface area contributed by atoms with Crippen molar-refractivity contribution in [3.8, 4) is 0 Å². The van der Waals surface area contributed by atoms with Crippen LogP contribution in [-0.2, 0) is 0 Å². The Hall–Kier alpha value is -1.84. The lowest BCUT2D eigenvalue weighted by atomic mass is 9.92. The first kappa shape index (κ1) is 21.5. The van der Waals surface area contributed by atoms with Crippen LogP contribution in [0, 0.1) is 0 Å². The molecule has 2 aromatic carbocycles. The van der Waals surface area contributed by atoms with Crippen LogP contribution in [0.4, 0.5) is 5.69 Å². The molecule has 0 fully saturated rings. The summed E-state index contributed by atoms with van der Waals surface area (Å²) in [5, 5.41) is 3.88. The van der Waals surface area contributed by atoms with E-state index in [4.69, 9.17) is 0 Å². The SMILES string of the molecule is CC(C)c1cccc(C(C)C)c1N/C(=C\[Si](C)(C)N(C)C)c1ccccc1. The van der Waals surface area contributed by atoms with Gasteiger partial charge in [0.05, 0.1) is 0 Å². The monoisotopic (exact) mass is 380 g/mol. The summed E-state index contributed by atoms with van der Waals surface area (Å²) in [7, 11) is 2.71. The van der Waals surface area contributed by atoms with Crippen molar-refractivity contribution in [1.82, 2.24) is 4.57 Å². The number of nitrogens with zero attached hydrogens (tertiary/aromatic N) is 1. The Bertz CT molecular complexity index is 748. The first-order chi connectivity index (χ1) is 12.6. The highest BCUT2D eigenvalue weighted by atomic mass is 28.3. The van der Waals surface area contributed by atoms with Gasteiger partial charge in [0, 0.05) is 11.4 Å². The highest BCUT2D eigenvalue weighted by Crippen LogP contribution is 2.35. The van der Waals surface area contributed by atoms with Crippen molar-refractivity contribution in [2.45, 2.75) is 52.6 Å². The molecule has 0 aliphatic heterocycles. The third-order valence-electron chi connectivity index (χ3n) is 5.37. The quantitative estimate of drug-likeness (QED) is 0.538. The van der Waals surface area contributed by atoms with E-state index in [2.05, 4.69) is 119 Å². The van der Waals surface area contributed by atoms with E-state index in [1.807, 2.05) is 0 Å². The Labute approximate surface area is 167 Å². The average molecular weight is 381 g/mol. The molecule has 0 aromatic heterocycles. The molecule has 146 valence electrons. The average Bonchev–Trinajstić information content (AvgIpc) is 2.61. The number of nitrogens with one attached hydrogen (secondary N) is 1. The van der Waals surface area contributed by atoms with Gasteiger partial charge < -0.3 is 9.88 Å². The topological polar surface area (TPSA) is 15.3 Å². The van der Waals surface area contributed by atoms with Crippen LogP contribution in [0.2, 0.25) is 13.1 Å². The van der Waals surface area contributed by atoms with Crippen molar-refractivity contribution in [1.29, 1.82) is 0 Å². The number of rotatable bonds is 7.